The van der Waals surface area contributed by atoms with Gasteiger partial charge in [-0.25, -0.2) is 0 Å². The summed E-state index contributed by atoms with van der Waals surface area (Å²) < 4.78 is 5.14. The molecule has 0 aliphatic heterocycles. The van der Waals surface area contributed by atoms with E-state index in [1.807, 2.05) is 0 Å². The second-order valence-electron chi connectivity index (χ2n) is 8.61. The fourth-order valence-corrected chi connectivity index (χ4v) is 16.7. The number of rotatable bonds is 6. The normalized spacial score (nSPS) is 11.9. The van der Waals surface area contributed by atoms with Gasteiger partial charge in [-0.2, -0.15) is 0 Å². The summed E-state index contributed by atoms with van der Waals surface area (Å²) in [4.78, 5) is 0. The van der Waals surface area contributed by atoms with Gasteiger partial charge in [0.1, 0.15) is 0 Å². The molecule has 0 bridgehead atoms. The number of hydrogen-bond donors (Lipinski definition) is 0. The van der Waals surface area contributed by atoms with Crippen LogP contribution in [-0.4, -0.2) is 24.2 Å². The van der Waals surface area contributed by atoms with Crippen molar-refractivity contribution in [1.29, 1.82) is 0 Å². The number of nitrogens with zero attached hydrogens (tertiary/aromatic N) is 2. The Bertz CT molecular complexity index is 1450. The molecule has 0 saturated heterocycles. The molecule has 0 saturated carbocycles. The van der Waals surface area contributed by atoms with Crippen LogP contribution >= 0.6 is 23.8 Å². The van der Waals surface area contributed by atoms with E-state index >= 15 is 0 Å². The molecule has 180 valence electrons. The van der Waals surface area contributed by atoms with Gasteiger partial charge >= 0.3 is 232 Å². The van der Waals surface area contributed by atoms with E-state index in [0.29, 0.717) is 0 Å². The summed E-state index contributed by atoms with van der Waals surface area (Å²) >= 11 is 16.6. The number of hydrogen-bond acceptors (Lipinski definition) is 2. The molecule has 0 atom stereocenters. The Morgan fingerprint density at radius 3 is 1.19 bits per heavy atom. The molecular formula is C29H26N2P2S2Se. The van der Waals surface area contributed by atoms with Crippen molar-refractivity contribution in [3.8, 4) is 0 Å². The summed E-state index contributed by atoms with van der Waals surface area (Å²) in [6, 6.07) is 40.2. The standard InChI is InChI=1S/C29H26N2P2S2Se/c1-30-27(32(35,23-15-7-3-8-16-23)24-17-9-4-10-18-24)28(31(2)29(30)34)33(36,25-19-11-5-12-20-25)26-21-13-6-14-22-26/h3-22H,1-2H3. The Labute approximate surface area is 230 Å². The zero-order valence-corrected chi connectivity index (χ0v) is 25.2. The van der Waals surface area contributed by atoms with E-state index in [-0.39, 0.29) is 0 Å². The topological polar surface area (TPSA) is 9.86 Å². The Hall–Kier alpha value is -2.09. The molecule has 0 N–H and O–H groups in total. The van der Waals surface area contributed by atoms with E-state index in [0.717, 1.165) is 20.8 Å². The molecule has 36 heavy (non-hydrogen) atoms. The van der Waals surface area contributed by atoms with Crippen LogP contribution in [0.5, 0.6) is 0 Å². The van der Waals surface area contributed by atoms with Crippen LogP contribution in [-0.2, 0) is 25.9 Å². The Morgan fingerprint density at radius 2 is 0.833 bits per heavy atom. The molecule has 0 aliphatic rings. The van der Waals surface area contributed by atoms with Gasteiger partial charge in [0, 0.05) is 0 Å². The molecule has 0 fully saturated rings. The van der Waals surface area contributed by atoms with Gasteiger partial charge in [-0.1, -0.05) is 0 Å². The number of benzene rings is 4. The van der Waals surface area contributed by atoms with Crippen LogP contribution < -0.4 is 32.1 Å². The van der Waals surface area contributed by atoms with Crippen LogP contribution in [0, 0.1) is 4.77 Å². The summed E-state index contributed by atoms with van der Waals surface area (Å²) in [5.74, 6) is 0. The third-order valence-electron chi connectivity index (χ3n) is 6.49. The Kier molecular flexibility index (Phi) is 7.34. The molecule has 1 heterocycles. The Balaban J connectivity index is 1.97. The van der Waals surface area contributed by atoms with Crippen molar-refractivity contribution >= 4 is 82.8 Å². The summed E-state index contributed by atoms with van der Waals surface area (Å²) in [5.41, 5.74) is 0.105. The quantitative estimate of drug-likeness (QED) is 0.163. The summed E-state index contributed by atoms with van der Waals surface area (Å²) in [6.07, 6.45) is 0. The second kappa shape index (κ2) is 10.3. The van der Waals surface area contributed by atoms with Gasteiger partial charge < -0.3 is 0 Å². The van der Waals surface area contributed by atoms with E-state index in [9.17, 15) is 0 Å². The van der Waals surface area contributed by atoms with Gasteiger partial charge in [0.05, 0.1) is 0 Å². The van der Waals surface area contributed by atoms with Gasteiger partial charge in [-0.15, -0.1) is 0 Å². The average Bonchev–Trinajstić information content (AvgIpc) is 3.18. The van der Waals surface area contributed by atoms with Gasteiger partial charge in [-0.3, -0.25) is 0 Å². The van der Waals surface area contributed by atoms with Crippen molar-refractivity contribution in [2.75, 3.05) is 0 Å². The van der Waals surface area contributed by atoms with Crippen molar-refractivity contribution in [2.24, 2.45) is 14.1 Å². The van der Waals surface area contributed by atoms with Crippen molar-refractivity contribution < 1.29 is 0 Å². The second-order valence-corrected chi connectivity index (χ2v) is 19.4. The fraction of sp³-hybridized carbons (Fsp3) is 0.0690. The predicted octanol–water partition coefficient (Wildman–Crippen LogP) is 4.23. The van der Waals surface area contributed by atoms with E-state index < -0.39 is 11.5 Å². The zero-order valence-electron chi connectivity index (χ0n) is 20.1. The first-order valence-electron chi connectivity index (χ1n) is 11.6. The molecule has 0 radical (unpaired) electrons. The minimum atomic E-state index is -2.48. The van der Waals surface area contributed by atoms with Crippen LogP contribution in [0.1, 0.15) is 0 Å². The molecule has 0 unspecified atom stereocenters. The summed E-state index contributed by atoms with van der Waals surface area (Å²) in [6.45, 7) is 0. The maximum absolute atomic E-state index is 6.85. The molecule has 0 amide bonds. The molecule has 0 spiro atoms. The van der Waals surface area contributed by atoms with Crippen molar-refractivity contribution in [2.45, 2.75) is 0 Å². The van der Waals surface area contributed by atoms with Crippen molar-refractivity contribution in [1.82, 2.24) is 9.13 Å². The van der Waals surface area contributed by atoms with Gasteiger partial charge in [-0.05, 0) is 0 Å². The average molecular weight is 608 g/mol. The molecule has 0 aliphatic carbocycles. The maximum atomic E-state index is 6.85. The molecular weight excluding hydrogens is 581 g/mol. The first kappa shape index (κ1) is 25.6. The summed E-state index contributed by atoms with van der Waals surface area (Å²) in [5, 5.41) is 4.85. The third-order valence-corrected chi connectivity index (χ3v) is 19.1. The van der Waals surface area contributed by atoms with Crippen molar-refractivity contribution in [3.63, 3.8) is 0 Å². The molecule has 1 aromatic heterocycles. The van der Waals surface area contributed by atoms with E-state index in [1.165, 1.54) is 16.0 Å². The first-order valence-corrected chi connectivity index (χ1v) is 18.8. The Morgan fingerprint density at radius 1 is 0.528 bits per heavy atom. The molecule has 5 rings (SSSR count). The molecule has 2 nitrogen and oxygen atoms in total. The molecule has 4 aromatic carbocycles. The van der Waals surface area contributed by atoms with Crippen LogP contribution in [0.25, 0.3) is 0 Å². The van der Waals surface area contributed by atoms with Gasteiger partial charge in [0.25, 0.3) is 0 Å². The monoisotopic (exact) mass is 608 g/mol. The SMILES string of the molecule is Cn1c(P(=S)(c2ccccc2)c2ccccc2)c(P(=[Se])(c2ccccc2)c2ccccc2)n(C)c1=S. The fourth-order valence-electron chi connectivity index (χ4n) is 4.75. The van der Waals surface area contributed by atoms with Crippen LogP contribution in [0.15, 0.2) is 121 Å². The third kappa shape index (κ3) is 4.13. The minimum absolute atomic E-state index is 0.771. The molecule has 7 heteroatoms. The van der Waals surface area contributed by atoms with E-state index in [4.69, 9.17) is 24.0 Å². The van der Waals surface area contributed by atoms with E-state index in [2.05, 4.69) is 160 Å². The predicted molar refractivity (Wildman–Crippen MR) is 166 cm³/mol. The van der Waals surface area contributed by atoms with Crippen LogP contribution in [0.3, 0.4) is 0 Å². The number of imidazole rings is 1. The van der Waals surface area contributed by atoms with Gasteiger partial charge in [0.15, 0.2) is 0 Å². The van der Waals surface area contributed by atoms with E-state index in [1.54, 1.807) is 0 Å². The van der Waals surface area contributed by atoms with Crippen LogP contribution in [0.4, 0.5) is 0 Å². The van der Waals surface area contributed by atoms with Gasteiger partial charge in [0.2, 0.25) is 0 Å². The summed E-state index contributed by atoms with van der Waals surface area (Å²) in [7, 11) is 4.17. The number of aromatic nitrogens is 2. The molecule has 5 aromatic rings. The zero-order chi connectivity index (χ0) is 25.3. The van der Waals surface area contributed by atoms with Crippen LogP contribution in [0.2, 0.25) is 0 Å². The van der Waals surface area contributed by atoms with Crippen molar-refractivity contribution in [3.05, 3.63) is 126 Å². The first-order chi connectivity index (χ1) is 17.4.